The van der Waals surface area contributed by atoms with Gasteiger partial charge in [0.05, 0.1) is 11.1 Å². The lowest BCUT2D eigenvalue weighted by molar-refractivity contribution is 0.100. The van der Waals surface area contributed by atoms with Gasteiger partial charge in [0, 0.05) is 23.3 Å². The fraction of sp³-hybridized carbons (Fsp3) is 0. The summed E-state index contributed by atoms with van der Waals surface area (Å²) in [6.45, 7) is 0. The molecule has 198 valence electrons. The molecular weight excluding hydrogens is 520 g/mol. The first-order chi connectivity index (χ1) is 19.1. The fourth-order valence-electron chi connectivity index (χ4n) is 4.59. The molecule has 6 rings (SSSR count). The number of aromatic hydroxyl groups is 6. The van der Waals surface area contributed by atoms with E-state index in [1.165, 1.54) is 60.7 Å². The van der Waals surface area contributed by atoms with E-state index in [-0.39, 0.29) is 67.9 Å². The minimum atomic E-state index is -0.626. The molecule has 10 heteroatoms. The van der Waals surface area contributed by atoms with Crippen molar-refractivity contribution in [2.24, 2.45) is 0 Å². The molecule has 0 spiro atoms. The molecule has 0 saturated heterocycles. The normalized spacial score (nSPS) is 16.2. The highest BCUT2D eigenvalue weighted by atomic mass is 16.5. The van der Waals surface area contributed by atoms with E-state index >= 15 is 0 Å². The Kier molecular flexibility index (Phi) is 5.40. The largest absolute Gasteiger partial charge is 0.508 e. The number of ether oxygens (including phenoxy) is 2. The molecule has 0 atom stereocenters. The lowest BCUT2D eigenvalue weighted by atomic mass is 9.87. The maximum absolute atomic E-state index is 13.6. The number of rotatable bonds is 3. The van der Waals surface area contributed by atoms with Gasteiger partial charge in [-0.15, -0.1) is 0 Å². The van der Waals surface area contributed by atoms with Crippen LogP contribution in [0.3, 0.4) is 0 Å². The van der Waals surface area contributed by atoms with E-state index in [0.717, 1.165) is 12.1 Å². The van der Waals surface area contributed by atoms with Crippen molar-refractivity contribution >= 4 is 22.7 Å². The molecule has 2 aliphatic rings. The summed E-state index contributed by atoms with van der Waals surface area (Å²) in [7, 11) is 0. The fourth-order valence-corrected chi connectivity index (χ4v) is 4.59. The first kappa shape index (κ1) is 24.4. The average molecular weight is 538 g/mol. The summed E-state index contributed by atoms with van der Waals surface area (Å²) < 4.78 is 11.8. The van der Waals surface area contributed by atoms with Crippen molar-refractivity contribution < 1.29 is 49.7 Å². The molecule has 0 radical (unpaired) electrons. The second kappa shape index (κ2) is 8.84. The Balaban J connectivity index is 1.71. The van der Waals surface area contributed by atoms with Gasteiger partial charge in [0.1, 0.15) is 23.0 Å². The molecule has 2 heterocycles. The standard InChI is InChI=1S/C30H18O10/c31-15-3-5-17-23(11-15)39-29(27(17)37)25(13-1-7-19(33)21(35)9-13)26(14-2-8-20(34)22(36)10-14)30-28(38)18-6-4-16(32)12-24(18)40-30/h1-12,31-36H. The summed E-state index contributed by atoms with van der Waals surface area (Å²) >= 11 is 0. The van der Waals surface area contributed by atoms with Gasteiger partial charge in [-0.2, -0.15) is 0 Å². The molecule has 6 N–H and O–H groups in total. The van der Waals surface area contributed by atoms with Crippen LogP contribution in [0.15, 0.2) is 84.3 Å². The molecule has 0 amide bonds. The second-order valence-electron chi connectivity index (χ2n) is 9.04. The van der Waals surface area contributed by atoms with E-state index in [9.17, 15) is 40.2 Å². The zero-order valence-corrected chi connectivity index (χ0v) is 20.2. The quantitative estimate of drug-likeness (QED) is 0.160. The van der Waals surface area contributed by atoms with Crippen molar-refractivity contribution in [3.63, 3.8) is 0 Å². The molecule has 40 heavy (non-hydrogen) atoms. The highest BCUT2D eigenvalue weighted by Gasteiger charge is 2.38. The molecule has 4 aromatic rings. The van der Waals surface area contributed by atoms with Crippen LogP contribution in [-0.2, 0) is 0 Å². The number of ketones is 2. The number of phenols is 6. The number of Topliss-reactive ketones (excluding diaryl/α,β-unsaturated/α-hetero) is 2. The summed E-state index contributed by atoms with van der Waals surface area (Å²) in [5, 5.41) is 60.5. The Morgan fingerprint density at radius 1 is 0.475 bits per heavy atom. The Bertz CT molecular complexity index is 1710. The summed E-state index contributed by atoms with van der Waals surface area (Å²) in [6, 6.07) is 15.2. The molecule has 0 bridgehead atoms. The van der Waals surface area contributed by atoms with Gasteiger partial charge in [-0.3, -0.25) is 9.59 Å². The molecule has 0 saturated carbocycles. The van der Waals surface area contributed by atoms with Crippen molar-refractivity contribution in [1.29, 1.82) is 0 Å². The van der Waals surface area contributed by atoms with Crippen LogP contribution in [0.25, 0.3) is 11.1 Å². The molecule has 2 aliphatic heterocycles. The van der Waals surface area contributed by atoms with Crippen LogP contribution in [0.2, 0.25) is 0 Å². The smallest absolute Gasteiger partial charge is 0.232 e. The van der Waals surface area contributed by atoms with Crippen LogP contribution < -0.4 is 9.47 Å². The monoisotopic (exact) mass is 538 g/mol. The van der Waals surface area contributed by atoms with Gasteiger partial charge in [0.2, 0.25) is 11.6 Å². The predicted octanol–water partition coefficient (Wildman–Crippen LogP) is 4.59. The lowest BCUT2D eigenvalue weighted by Crippen LogP contribution is -2.10. The number of fused-ring (bicyclic) bond motifs is 2. The average Bonchev–Trinajstić information content (AvgIpc) is 3.41. The number of carbonyl (C=O) groups excluding carboxylic acids is 2. The van der Waals surface area contributed by atoms with Crippen LogP contribution in [0.5, 0.6) is 46.0 Å². The maximum atomic E-state index is 13.6. The highest BCUT2D eigenvalue weighted by molar-refractivity contribution is 6.27. The van der Waals surface area contributed by atoms with Gasteiger partial charge < -0.3 is 40.1 Å². The molecule has 4 aromatic carbocycles. The SMILES string of the molecule is O=C1C(=C(C(=C2Oc3cc(O)ccc3C2=O)c2ccc(O)c(O)c2)c2ccc(O)c(O)c2)Oc2cc(O)ccc21. The number of benzene rings is 4. The highest BCUT2D eigenvalue weighted by Crippen LogP contribution is 2.47. The summed E-state index contributed by atoms with van der Waals surface area (Å²) in [5.41, 5.74) is 0.306. The van der Waals surface area contributed by atoms with Crippen LogP contribution in [-0.4, -0.2) is 42.2 Å². The van der Waals surface area contributed by atoms with Gasteiger partial charge in [-0.1, -0.05) is 12.1 Å². The van der Waals surface area contributed by atoms with Crippen molar-refractivity contribution in [3.8, 4) is 46.0 Å². The van der Waals surface area contributed by atoms with Crippen molar-refractivity contribution in [2.45, 2.75) is 0 Å². The first-order valence-electron chi connectivity index (χ1n) is 11.8. The Labute approximate surface area is 225 Å². The summed E-state index contributed by atoms with van der Waals surface area (Å²) in [4.78, 5) is 27.3. The minimum absolute atomic E-state index is 0.0327. The van der Waals surface area contributed by atoms with E-state index in [1.807, 2.05) is 0 Å². The third kappa shape index (κ3) is 3.82. The molecule has 0 aromatic heterocycles. The van der Waals surface area contributed by atoms with E-state index < -0.39 is 34.6 Å². The van der Waals surface area contributed by atoms with E-state index in [1.54, 1.807) is 0 Å². The van der Waals surface area contributed by atoms with Crippen LogP contribution in [0.1, 0.15) is 31.8 Å². The summed E-state index contributed by atoms with van der Waals surface area (Å²) in [6.07, 6.45) is 0. The van der Waals surface area contributed by atoms with Crippen LogP contribution >= 0.6 is 0 Å². The van der Waals surface area contributed by atoms with E-state index in [2.05, 4.69) is 0 Å². The van der Waals surface area contributed by atoms with E-state index in [0.29, 0.717) is 0 Å². The van der Waals surface area contributed by atoms with Gasteiger partial charge in [-0.25, -0.2) is 0 Å². The number of hydrogen-bond acceptors (Lipinski definition) is 10. The van der Waals surface area contributed by atoms with Crippen molar-refractivity contribution in [2.75, 3.05) is 0 Å². The minimum Gasteiger partial charge on any atom is -0.508 e. The van der Waals surface area contributed by atoms with Gasteiger partial charge in [0.15, 0.2) is 34.5 Å². The van der Waals surface area contributed by atoms with Crippen LogP contribution in [0.4, 0.5) is 0 Å². The Morgan fingerprint density at radius 3 is 1.25 bits per heavy atom. The van der Waals surface area contributed by atoms with Crippen LogP contribution in [0, 0.1) is 0 Å². The topological polar surface area (TPSA) is 174 Å². The third-order valence-corrected chi connectivity index (χ3v) is 6.49. The molecule has 10 nitrogen and oxygen atoms in total. The maximum Gasteiger partial charge on any atom is 0.232 e. The lowest BCUT2D eigenvalue weighted by Gasteiger charge is -2.18. The molecule has 0 unspecified atom stereocenters. The zero-order chi connectivity index (χ0) is 28.3. The summed E-state index contributed by atoms with van der Waals surface area (Å²) in [5.74, 6) is -4.12. The first-order valence-corrected chi connectivity index (χ1v) is 11.8. The number of hydrogen-bond donors (Lipinski definition) is 6. The van der Waals surface area contributed by atoms with Gasteiger partial charge >= 0.3 is 0 Å². The zero-order valence-electron chi connectivity index (χ0n) is 20.2. The number of carbonyl (C=O) groups is 2. The Hall–Kier alpha value is -5.90. The van der Waals surface area contributed by atoms with Gasteiger partial charge in [0.25, 0.3) is 0 Å². The molecular formula is C30H18O10. The third-order valence-electron chi connectivity index (χ3n) is 6.49. The second-order valence-corrected chi connectivity index (χ2v) is 9.04. The van der Waals surface area contributed by atoms with E-state index in [4.69, 9.17) is 9.47 Å². The van der Waals surface area contributed by atoms with Gasteiger partial charge in [-0.05, 0) is 59.7 Å². The van der Waals surface area contributed by atoms with Crippen molar-refractivity contribution in [3.05, 3.63) is 107 Å². The Morgan fingerprint density at radius 2 is 0.875 bits per heavy atom. The molecule has 0 aliphatic carbocycles. The predicted molar refractivity (Wildman–Crippen MR) is 140 cm³/mol. The molecule has 0 fully saturated rings. The van der Waals surface area contributed by atoms with Crippen molar-refractivity contribution in [1.82, 2.24) is 0 Å². The number of allylic oxidation sites excluding steroid dienone is 4. The number of phenolic OH excluding ortho intramolecular Hbond substituents is 6.